The number of fused-ring (bicyclic) bond motifs is 1. The van der Waals surface area contributed by atoms with Crippen molar-refractivity contribution >= 4 is 44.2 Å². The van der Waals surface area contributed by atoms with Crippen molar-refractivity contribution in [2.45, 2.75) is 43.4 Å². The van der Waals surface area contributed by atoms with Crippen LogP contribution in [0.4, 0.5) is 9.52 Å². The number of carbonyl (C=O) groups excluding carboxylic acids is 1. The average Bonchev–Trinajstić information content (AvgIpc) is 2.85. The molecule has 3 nitrogen and oxygen atoms in total. The van der Waals surface area contributed by atoms with Crippen LogP contribution in [0.15, 0.2) is 18.2 Å². The van der Waals surface area contributed by atoms with E-state index in [1.807, 2.05) is 0 Å². The molecular formula is C18H18ClFN2OS. The molecule has 0 unspecified atom stereocenters. The predicted octanol–water partition coefficient (Wildman–Crippen LogP) is 4.95. The highest BCUT2D eigenvalue weighted by Gasteiger charge is 2.60. The second-order valence-corrected chi connectivity index (χ2v) is 9.81. The number of aromatic nitrogens is 1. The quantitative estimate of drug-likeness (QED) is 0.766. The Balaban J connectivity index is 1.43. The van der Waals surface area contributed by atoms with E-state index in [9.17, 15) is 9.18 Å². The van der Waals surface area contributed by atoms with Crippen LogP contribution in [-0.2, 0) is 4.79 Å². The Morgan fingerprint density at radius 1 is 1.29 bits per heavy atom. The normalized spacial score (nSPS) is 37.1. The van der Waals surface area contributed by atoms with E-state index in [1.165, 1.54) is 29.9 Å². The summed E-state index contributed by atoms with van der Waals surface area (Å²) in [5, 5.41) is 3.57. The van der Waals surface area contributed by atoms with Crippen LogP contribution in [0.1, 0.15) is 38.5 Å². The second kappa shape index (κ2) is 4.92. The van der Waals surface area contributed by atoms with Crippen molar-refractivity contribution in [3.05, 3.63) is 24.0 Å². The van der Waals surface area contributed by atoms with E-state index in [4.69, 9.17) is 11.6 Å². The highest BCUT2D eigenvalue weighted by atomic mass is 35.5. The van der Waals surface area contributed by atoms with E-state index >= 15 is 0 Å². The van der Waals surface area contributed by atoms with Gasteiger partial charge in [0.05, 0.1) is 15.6 Å². The molecule has 4 aliphatic rings. The minimum atomic E-state index is -0.338. The van der Waals surface area contributed by atoms with Crippen LogP contribution in [0, 0.1) is 23.1 Å². The number of thiazole rings is 1. The van der Waals surface area contributed by atoms with Gasteiger partial charge in [0.1, 0.15) is 5.82 Å². The van der Waals surface area contributed by atoms with Crippen molar-refractivity contribution in [2.24, 2.45) is 17.3 Å². The minimum Gasteiger partial charge on any atom is -0.301 e. The minimum absolute atomic E-state index is 0.0566. The summed E-state index contributed by atoms with van der Waals surface area (Å²) in [7, 11) is 0. The number of amides is 1. The first-order valence-electron chi connectivity index (χ1n) is 8.50. The first kappa shape index (κ1) is 15.1. The lowest BCUT2D eigenvalue weighted by molar-refractivity contribution is -0.138. The van der Waals surface area contributed by atoms with Crippen LogP contribution in [0.2, 0.25) is 0 Å². The van der Waals surface area contributed by atoms with Crippen LogP contribution in [0.25, 0.3) is 10.2 Å². The first-order chi connectivity index (χ1) is 11.4. The van der Waals surface area contributed by atoms with Gasteiger partial charge in [0.15, 0.2) is 5.13 Å². The lowest BCUT2D eigenvalue weighted by Gasteiger charge is -2.59. The van der Waals surface area contributed by atoms with Gasteiger partial charge >= 0.3 is 0 Å². The van der Waals surface area contributed by atoms with Gasteiger partial charge in [-0.05, 0) is 68.6 Å². The Kier molecular flexibility index (Phi) is 3.09. The molecule has 2 atom stereocenters. The summed E-state index contributed by atoms with van der Waals surface area (Å²) in [6.07, 6.45) is 6.01. The zero-order chi connectivity index (χ0) is 16.5. The molecule has 0 radical (unpaired) electrons. The maximum Gasteiger partial charge on any atom is 0.232 e. The van der Waals surface area contributed by atoms with E-state index in [1.54, 1.807) is 6.07 Å². The summed E-state index contributed by atoms with van der Waals surface area (Å²) in [5.41, 5.74) is 0.380. The van der Waals surface area contributed by atoms with Crippen molar-refractivity contribution in [3.8, 4) is 0 Å². The van der Waals surface area contributed by atoms with Gasteiger partial charge < -0.3 is 5.32 Å². The Bertz CT molecular complexity index is 837. The second-order valence-electron chi connectivity index (χ2n) is 7.98. The van der Waals surface area contributed by atoms with Gasteiger partial charge in [-0.15, -0.1) is 11.6 Å². The van der Waals surface area contributed by atoms with Crippen LogP contribution >= 0.6 is 22.9 Å². The van der Waals surface area contributed by atoms with Crippen LogP contribution in [0.5, 0.6) is 0 Å². The molecule has 6 rings (SSSR count). The highest BCUT2D eigenvalue weighted by molar-refractivity contribution is 7.22. The van der Waals surface area contributed by atoms with Gasteiger partial charge in [-0.25, -0.2) is 9.37 Å². The van der Waals surface area contributed by atoms with Crippen LogP contribution in [-0.4, -0.2) is 15.8 Å². The van der Waals surface area contributed by atoms with Gasteiger partial charge in [-0.1, -0.05) is 11.3 Å². The molecular weight excluding hydrogens is 347 g/mol. The molecule has 0 aliphatic heterocycles. The molecule has 24 heavy (non-hydrogen) atoms. The van der Waals surface area contributed by atoms with Gasteiger partial charge in [0.25, 0.3) is 0 Å². The number of nitrogens with zero attached hydrogens (tertiary/aromatic N) is 1. The molecule has 126 valence electrons. The molecule has 1 heterocycles. The number of halogens is 2. The molecule has 1 aromatic carbocycles. The van der Waals surface area contributed by atoms with Crippen LogP contribution < -0.4 is 5.32 Å². The Labute approximate surface area is 148 Å². The van der Waals surface area contributed by atoms with Gasteiger partial charge in [0.2, 0.25) is 5.91 Å². The highest BCUT2D eigenvalue weighted by Crippen LogP contribution is 2.64. The van der Waals surface area contributed by atoms with Crippen molar-refractivity contribution in [2.75, 3.05) is 5.32 Å². The number of nitrogens with one attached hydrogen (secondary N) is 1. The summed E-state index contributed by atoms with van der Waals surface area (Å²) >= 11 is 8.14. The maximum atomic E-state index is 13.3. The van der Waals surface area contributed by atoms with Crippen molar-refractivity contribution in [1.29, 1.82) is 0 Å². The van der Waals surface area contributed by atoms with Gasteiger partial charge in [-0.3, -0.25) is 4.79 Å². The SMILES string of the molecule is O=C(Nc1nc2ccc(F)cc2s1)C12C[C@@H]3C[C@H](CC(Cl)(C3)C1)C2. The van der Waals surface area contributed by atoms with E-state index in [2.05, 4.69) is 10.3 Å². The molecule has 1 aromatic heterocycles. The number of rotatable bonds is 2. The van der Waals surface area contributed by atoms with Crippen molar-refractivity contribution in [3.63, 3.8) is 0 Å². The fourth-order valence-electron chi connectivity index (χ4n) is 5.60. The molecule has 6 heteroatoms. The standard InChI is InChI=1S/C18H18ClFN2OS/c19-18-7-10-3-11(8-18)6-17(5-10,9-18)15(23)22-16-21-13-2-1-12(20)4-14(13)24-16/h1-2,4,10-11H,3,5-9H2,(H,21,22,23)/t10-,11-,17?,18?/m0/s1. The molecule has 1 N–H and O–H groups in total. The smallest absolute Gasteiger partial charge is 0.232 e. The molecule has 1 amide bonds. The van der Waals surface area contributed by atoms with E-state index in [0.717, 1.165) is 42.3 Å². The molecule has 0 saturated heterocycles. The number of anilines is 1. The summed E-state index contributed by atoms with van der Waals surface area (Å²) < 4.78 is 14.1. The number of carbonyl (C=O) groups is 1. The summed E-state index contributed by atoms with van der Waals surface area (Å²) in [4.78, 5) is 17.3. The van der Waals surface area contributed by atoms with Gasteiger partial charge in [-0.2, -0.15) is 0 Å². The Hall–Kier alpha value is -1.20. The lowest BCUT2D eigenvalue weighted by Crippen LogP contribution is -2.57. The monoisotopic (exact) mass is 364 g/mol. The van der Waals surface area contributed by atoms with E-state index < -0.39 is 0 Å². The van der Waals surface area contributed by atoms with Gasteiger partial charge in [0, 0.05) is 4.87 Å². The Morgan fingerprint density at radius 3 is 2.75 bits per heavy atom. The maximum absolute atomic E-state index is 13.3. The molecule has 4 fully saturated rings. The number of hydrogen-bond donors (Lipinski definition) is 1. The van der Waals surface area contributed by atoms with E-state index in [-0.39, 0.29) is 22.0 Å². The topological polar surface area (TPSA) is 42.0 Å². The summed E-state index contributed by atoms with van der Waals surface area (Å²) in [6, 6.07) is 4.50. The molecule has 0 spiro atoms. The Morgan fingerprint density at radius 2 is 2.04 bits per heavy atom. The molecule has 4 aliphatic carbocycles. The number of benzene rings is 1. The number of alkyl halides is 1. The predicted molar refractivity (Wildman–Crippen MR) is 93.9 cm³/mol. The fourth-order valence-corrected chi connectivity index (χ4v) is 7.18. The van der Waals surface area contributed by atoms with Crippen LogP contribution in [0.3, 0.4) is 0 Å². The largest absolute Gasteiger partial charge is 0.301 e. The average molecular weight is 365 g/mol. The molecule has 4 bridgehead atoms. The first-order valence-corrected chi connectivity index (χ1v) is 9.69. The fraction of sp³-hybridized carbons (Fsp3) is 0.556. The summed E-state index contributed by atoms with van der Waals surface area (Å²) in [5.74, 6) is 0.938. The molecule has 2 aromatic rings. The van der Waals surface area contributed by atoms with E-state index in [0.29, 0.717) is 17.0 Å². The third-order valence-corrected chi connectivity index (χ3v) is 7.42. The molecule has 4 saturated carbocycles. The number of hydrogen-bond acceptors (Lipinski definition) is 3. The lowest BCUT2D eigenvalue weighted by atomic mass is 9.49. The third-order valence-electron chi connectivity index (χ3n) is 6.04. The zero-order valence-corrected chi connectivity index (χ0v) is 14.7. The third kappa shape index (κ3) is 2.28. The van der Waals surface area contributed by atoms with Crippen molar-refractivity contribution < 1.29 is 9.18 Å². The van der Waals surface area contributed by atoms with Crippen molar-refractivity contribution in [1.82, 2.24) is 4.98 Å². The zero-order valence-electron chi connectivity index (χ0n) is 13.1. The summed E-state index contributed by atoms with van der Waals surface area (Å²) in [6.45, 7) is 0.